The highest BCUT2D eigenvalue weighted by Crippen LogP contribution is 2.23. The number of morpholine rings is 1. The third-order valence-corrected chi connectivity index (χ3v) is 5.24. The quantitative estimate of drug-likeness (QED) is 0.830. The van der Waals surface area contributed by atoms with E-state index in [1.54, 1.807) is 6.92 Å². The van der Waals surface area contributed by atoms with E-state index in [0.717, 1.165) is 12.8 Å². The van der Waals surface area contributed by atoms with Crippen molar-refractivity contribution in [2.75, 3.05) is 19.7 Å². The lowest BCUT2D eigenvalue weighted by molar-refractivity contribution is -0.139. The van der Waals surface area contributed by atoms with Crippen molar-refractivity contribution in [2.45, 2.75) is 46.1 Å². The lowest BCUT2D eigenvalue weighted by atomic mass is 10.1. The maximum atomic E-state index is 12.5. The summed E-state index contributed by atoms with van der Waals surface area (Å²) in [5.74, 6) is 1.21. The summed E-state index contributed by atoms with van der Waals surface area (Å²) in [4.78, 5) is 21.2. The summed E-state index contributed by atoms with van der Waals surface area (Å²) < 4.78 is 10.7. The number of aromatic nitrogens is 2. The molecule has 7 heteroatoms. The molecule has 3 rings (SSSR count). The van der Waals surface area contributed by atoms with Gasteiger partial charge in [-0.25, -0.2) is 0 Å². The van der Waals surface area contributed by atoms with E-state index in [1.807, 2.05) is 16.2 Å². The summed E-state index contributed by atoms with van der Waals surface area (Å²) in [5.41, 5.74) is 1.37. The first-order valence-corrected chi connectivity index (χ1v) is 9.10. The zero-order valence-electron chi connectivity index (χ0n) is 14.4. The van der Waals surface area contributed by atoms with Gasteiger partial charge in [0.25, 0.3) is 0 Å². The number of rotatable bonds is 5. The third kappa shape index (κ3) is 4.02. The van der Waals surface area contributed by atoms with Crippen LogP contribution >= 0.6 is 11.3 Å². The monoisotopic (exact) mass is 349 g/mol. The van der Waals surface area contributed by atoms with Gasteiger partial charge in [0.2, 0.25) is 17.6 Å². The molecule has 24 heavy (non-hydrogen) atoms. The fourth-order valence-electron chi connectivity index (χ4n) is 3.00. The van der Waals surface area contributed by atoms with E-state index in [9.17, 15) is 4.79 Å². The number of carbonyl (C=O) groups excluding carboxylic acids is 1. The molecule has 1 atom stereocenters. The number of hydrogen-bond donors (Lipinski definition) is 0. The highest BCUT2D eigenvalue weighted by molar-refractivity contribution is 7.12. The normalized spacial score (nSPS) is 18.1. The minimum Gasteiger partial charge on any atom is -0.366 e. The first-order valence-electron chi connectivity index (χ1n) is 8.28. The van der Waals surface area contributed by atoms with Gasteiger partial charge in [-0.2, -0.15) is 4.98 Å². The molecule has 1 aliphatic rings. The highest BCUT2D eigenvalue weighted by Gasteiger charge is 2.28. The van der Waals surface area contributed by atoms with Gasteiger partial charge in [0.15, 0.2) is 0 Å². The molecule has 0 bridgehead atoms. The Morgan fingerprint density at radius 2 is 2.25 bits per heavy atom. The molecule has 2 aromatic heterocycles. The predicted molar refractivity (Wildman–Crippen MR) is 91.0 cm³/mol. The van der Waals surface area contributed by atoms with Crippen LogP contribution in [0.3, 0.4) is 0 Å². The van der Waals surface area contributed by atoms with Gasteiger partial charge in [-0.3, -0.25) is 4.79 Å². The maximum Gasteiger partial charge on any atom is 0.223 e. The third-order valence-electron chi connectivity index (χ3n) is 4.23. The molecule has 0 saturated carbocycles. The molecule has 0 N–H and O–H groups in total. The van der Waals surface area contributed by atoms with Crippen LogP contribution in [-0.2, 0) is 16.0 Å². The molecule has 1 amide bonds. The SMILES string of the molecule is Cc1nc([C@H]2CN(C(=O)CCCc3cc(C)sc3C)CCO2)no1. The highest BCUT2D eigenvalue weighted by atomic mass is 32.1. The smallest absolute Gasteiger partial charge is 0.223 e. The Bertz CT molecular complexity index is 710. The largest absolute Gasteiger partial charge is 0.366 e. The molecule has 1 fully saturated rings. The summed E-state index contributed by atoms with van der Waals surface area (Å²) in [7, 11) is 0. The second-order valence-corrected chi connectivity index (χ2v) is 7.62. The van der Waals surface area contributed by atoms with Crippen molar-refractivity contribution in [3.05, 3.63) is 33.1 Å². The maximum absolute atomic E-state index is 12.5. The number of amides is 1. The van der Waals surface area contributed by atoms with E-state index in [1.165, 1.54) is 15.3 Å². The number of aryl methyl sites for hydroxylation is 4. The molecule has 130 valence electrons. The van der Waals surface area contributed by atoms with Crippen LogP contribution in [0.2, 0.25) is 0 Å². The van der Waals surface area contributed by atoms with Crippen molar-refractivity contribution >= 4 is 17.2 Å². The van der Waals surface area contributed by atoms with E-state index in [0.29, 0.717) is 37.8 Å². The lowest BCUT2D eigenvalue weighted by Gasteiger charge is -2.31. The zero-order chi connectivity index (χ0) is 17.1. The lowest BCUT2D eigenvalue weighted by Crippen LogP contribution is -2.42. The van der Waals surface area contributed by atoms with Crippen molar-refractivity contribution in [1.29, 1.82) is 0 Å². The van der Waals surface area contributed by atoms with Gasteiger partial charge in [0, 0.05) is 29.6 Å². The van der Waals surface area contributed by atoms with Crippen LogP contribution in [0.4, 0.5) is 0 Å². The van der Waals surface area contributed by atoms with Crippen molar-refractivity contribution in [3.63, 3.8) is 0 Å². The second-order valence-electron chi connectivity index (χ2n) is 6.16. The second kappa shape index (κ2) is 7.44. The minimum absolute atomic E-state index is 0.174. The molecule has 2 aromatic rings. The van der Waals surface area contributed by atoms with Gasteiger partial charge in [-0.15, -0.1) is 11.3 Å². The summed E-state index contributed by atoms with van der Waals surface area (Å²) in [6, 6.07) is 2.23. The molecular formula is C17H23N3O3S. The number of nitrogens with zero attached hydrogens (tertiary/aromatic N) is 3. The first kappa shape index (κ1) is 17.1. The number of carbonyl (C=O) groups is 1. The van der Waals surface area contributed by atoms with Crippen LogP contribution in [0.15, 0.2) is 10.6 Å². The van der Waals surface area contributed by atoms with Crippen LogP contribution in [-0.4, -0.2) is 40.6 Å². The van der Waals surface area contributed by atoms with Crippen molar-refractivity contribution in [1.82, 2.24) is 15.0 Å². The number of hydrogen-bond acceptors (Lipinski definition) is 6. The van der Waals surface area contributed by atoms with Crippen LogP contribution in [0, 0.1) is 20.8 Å². The number of ether oxygens (including phenoxy) is 1. The van der Waals surface area contributed by atoms with E-state index in [2.05, 4.69) is 30.1 Å². The summed E-state index contributed by atoms with van der Waals surface area (Å²) >= 11 is 1.82. The van der Waals surface area contributed by atoms with Crippen molar-refractivity contribution in [3.8, 4) is 0 Å². The minimum atomic E-state index is -0.290. The van der Waals surface area contributed by atoms with Gasteiger partial charge in [-0.05, 0) is 38.3 Å². The Morgan fingerprint density at radius 1 is 1.42 bits per heavy atom. The first-order chi connectivity index (χ1) is 11.5. The Balaban J connectivity index is 1.50. The summed E-state index contributed by atoms with van der Waals surface area (Å²) in [6.45, 7) is 7.65. The van der Waals surface area contributed by atoms with Crippen LogP contribution in [0.5, 0.6) is 0 Å². The zero-order valence-corrected chi connectivity index (χ0v) is 15.2. The molecule has 0 aromatic carbocycles. The van der Waals surface area contributed by atoms with Crippen LogP contribution in [0.25, 0.3) is 0 Å². The molecule has 0 radical (unpaired) electrons. The molecule has 6 nitrogen and oxygen atoms in total. The van der Waals surface area contributed by atoms with E-state index in [-0.39, 0.29) is 12.0 Å². The van der Waals surface area contributed by atoms with Crippen LogP contribution < -0.4 is 0 Å². The Morgan fingerprint density at radius 3 is 2.92 bits per heavy atom. The van der Waals surface area contributed by atoms with Gasteiger partial charge in [-0.1, -0.05) is 5.16 Å². The standard InChI is InChI=1S/C17H23N3O3S/c1-11-9-14(12(2)24-11)5-4-6-16(21)20-7-8-22-15(10-20)17-18-13(3)23-19-17/h9,15H,4-8,10H2,1-3H3/t15-/m1/s1. The van der Waals surface area contributed by atoms with Crippen molar-refractivity contribution in [2.24, 2.45) is 0 Å². The van der Waals surface area contributed by atoms with Crippen molar-refractivity contribution < 1.29 is 14.1 Å². The number of thiophene rings is 1. The molecule has 1 aliphatic heterocycles. The van der Waals surface area contributed by atoms with Gasteiger partial charge in [0.1, 0.15) is 6.10 Å². The van der Waals surface area contributed by atoms with Crippen LogP contribution in [0.1, 0.15) is 46.0 Å². The Hall–Kier alpha value is -1.73. The summed E-state index contributed by atoms with van der Waals surface area (Å²) in [6.07, 6.45) is 2.10. The molecule has 1 saturated heterocycles. The molecule has 0 unspecified atom stereocenters. The predicted octanol–water partition coefficient (Wildman–Crippen LogP) is 2.98. The average Bonchev–Trinajstić information content (AvgIpc) is 3.13. The molecule has 0 aliphatic carbocycles. The molecular weight excluding hydrogens is 326 g/mol. The van der Waals surface area contributed by atoms with Gasteiger partial charge < -0.3 is 14.2 Å². The van der Waals surface area contributed by atoms with E-state index < -0.39 is 0 Å². The Kier molecular flexibility index (Phi) is 5.30. The fourth-order valence-corrected chi connectivity index (χ4v) is 3.97. The Labute approximate surface area is 145 Å². The average molecular weight is 349 g/mol. The summed E-state index contributed by atoms with van der Waals surface area (Å²) in [5, 5.41) is 3.90. The van der Waals surface area contributed by atoms with E-state index >= 15 is 0 Å². The van der Waals surface area contributed by atoms with E-state index in [4.69, 9.17) is 9.26 Å². The van der Waals surface area contributed by atoms with Gasteiger partial charge >= 0.3 is 0 Å². The fraction of sp³-hybridized carbons (Fsp3) is 0.588. The molecule has 0 spiro atoms. The topological polar surface area (TPSA) is 68.5 Å². The van der Waals surface area contributed by atoms with Gasteiger partial charge in [0.05, 0.1) is 13.2 Å². The molecule has 3 heterocycles.